The zero-order valence-electron chi connectivity index (χ0n) is 8.63. The van der Waals surface area contributed by atoms with Crippen LogP contribution in [0.1, 0.15) is 26.7 Å². The molecule has 78 valence electrons. The van der Waals surface area contributed by atoms with Gasteiger partial charge in [-0.3, -0.25) is 10.2 Å². The first-order valence-electron chi connectivity index (χ1n) is 4.78. The van der Waals surface area contributed by atoms with E-state index in [0.717, 1.165) is 25.9 Å². The van der Waals surface area contributed by atoms with Gasteiger partial charge in [0, 0.05) is 13.1 Å². The van der Waals surface area contributed by atoms with Gasteiger partial charge in [-0.1, -0.05) is 0 Å². The lowest BCUT2D eigenvalue weighted by molar-refractivity contribution is -0.113. The van der Waals surface area contributed by atoms with Crippen molar-refractivity contribution in [2.45, 2.75) is 26.7 Å². The Balaban J connectivity index is 2.85. The Hall–Kier alpha value is -1.32. The first kappa shape index (κ1) is 10.8. The minimum absolute atomic E-state index is 0.0607. The van der Waals surface area contributed by atoms with Crippen LogP contribution in [0.2, 0.25) is 0 Å². The fourth-order valence-electron chi connectivity index (χ4n) is 1.69. The molecular formula is C10H16N2O2. The lowest BCUT2D eigenvalue weighted by atomic mass is 10.1. The maximum Gasteiger partial charge on any atom is 0.166 e. The smallest absolute Gasteiger partial charge is 0.166 e. The van der Waals surface area contributed by atoms with E-state index in [2.05, 4.69) is 0 Å². The summed E-state index contributed by atoms with van der Waals surface area (Å²) in [5.41, 5.74) is 0.145. The molecule has 14 heavy (non-hydrogen) atoms. The lowest BCUT2D eigenvalue weighted by Crippen LogP contribution is -2.31. The van der Waals surface area contributed by atoms with Crippen LogP contribution < -0.4 is 0 Å². The summed E-state index contributed by atoms with van der Waals surface area (Å²) in [7, 11) is 0. The fourth-order valence-corrected chi connectivity index (χ4v) is 1.69. The highest BCUT2D eigenvalue weighted by Crippen LogP contribution is 2.14. The van der Waals surface area contributed by atoms with E-state index in [1.807, 2.05) is 4.90 Å². The standard InChI is InChI=1S/C10H16N2O2/c1-7(13)9(8(2)14)10(11)12-5-3-4-6-12/h11,13H,3-6H2,1-2H3/b9-7-,11-10?. The molecule has 0 spiro atoms. The molecule has 0 saturated carbocycles. The molecule has 1 heterocycles. The minimum atomic E-state index is -0.248. The first-order chi connectivity index (χ1) is 6.54. The van der Waals surface area contributed by atoms with Crippen molar-refractivity contribution in [3.63, 3.8) is 0 Å². The summed E-state index contributed by atoms with van der Waals surface area (Å²) in [6.45, 7) is 4.44. The molecule has 2 N–H and O–H groups in total. The van der Waals surface area contributed by atoms with Gasteiger partial charge in [-0.15, -0.1) is 0 Å². The largest absolute Gasteiger partial charge is 0.512 e. The van der Waals surface area contributed by atoms with Gasteiger partial charge < -0.3 is 10.0 Å². The molecular weight excluding hydrogens is 180 g/mol. The number of Topliss-reactive ketones (excluding diaryl/α,β-unsaturated/α-hetero) is 1. The number of nitrogens with zero attached hydrogens (tertiary/aromatic N) is 1. The molecule has 0 aromatic heterocycles. The van der Waals surface area contributed by atoms with E-state index in [9.17, 15) is 9.90 Å². The van der Waals surface area contributed by atoms with Gasteiger partial charge in [-0.2, -0.15) is 0 Å². The van der Waals surface area contributed by atoms with Crippen molar-refractivity contribution in [2.24, 2.45) is 0 Å². The molecule has 0 atom stereocenters. The first-order valence-corrected chi connectivity index (χ1v) is 4.78. The molecule has 4 heteroatoms. The van der Waals surface area contributed by atoms with Gasteiger partial charge in [0.15, 0.2) is 5.78 Å². The molecule has 1 aliphatic rings. The Bertz CT molecular complexity index is 284. The number of allylic oxidation sites excluding steroid dienone is 1. The molecule has 0 radical (unpaired) electrons. The van der Waals surface area contributed by atoms with E-state index in [4.69, 9.17) is 5.41 Å². The number of nitrogens with one attached hydrogen (secondary N) is 1. The fraction of sp³-hybridized carbons (Fsp3) is 0.600. The van der Waals surface area contributed by atoms with Crippen molar-refractivity contribution < 1.29 is 9.90 Å². The molecule has 1 fully saturated rings. The van der Waals surface area contributed by atoms with Crippen molar-refractivity contribution in [1.82, 2.24) is 4.90 Å². The quantitative estimate of drug-likeness (QED) is 0.304. The number of carbonyl (C=O) groups excluding carboxylic acids is 1. The maximum absolute atomic E-state index is 11.2. The summed E-state index contributed by atoms with van der Waals surface area (Å²) >= 11 is 0. The molecule has 1 aliphatic heterocycles. The van der Waals surface area contributed by atoms with Gasteiger partial charge >= 0.3 is 0 Å². The zero-order chi connectivity index (χ0) is 10.7. The van der Waals surface area contributed by atoms with Gasteiger partial charge in [0.2, 0.25) is 0 Å². The van der Waals surface area contributed by atoms with Crippen molar-refractivity contribution in [3.8, 4) is 0 Å². The third kappa shape index (κ3) is 2.13. The van der Waals surface area contributed by atoms with E-state index < -0.39 is 0 Å². The molecule has 0 bridgehead atoms. The van der Waals surface area contributed by atoms with E-state index >= 15 is 0 Å². The van der Waals surface area contributed by atoms with Crippen LogP contribution in [0.3, 0.4) is 0 Å². The third-order valence-corrected chi connectivity index (χ3v) is 2.37. The van der Waals surface area contributed by atoms with Crippen LogP contribution in [0.5, 0.6) is 0 Å². The SMILES string of the molecule is CC(=O)/C(C(=N)N1CCCC1)=C(\C)O. The Morgan fingerprint density at radius 2 is 1.79 bits per heavy atom. The molecule has 1 saturated heterocycles. The highest BCUT2D eigenvalue weighted by molar-refractivity contribution is 6.19. The predicted molar refractivity (Wildman–Crippen MR) is 54.5 cm³/mol. The van der Waals surface area contributed by atoms with Crippen LogP contribution in [0, 0.1) is 5.41 Å². The second-order valence-electron chi connectivity index (χ2n) is 3.56. The van der Waals surface area contributed by atoms with Crippen LogP contribution in [0.15, 0.2) is 11.3 Å². The van der Waals surface area contributed by atoms with Gasteiger partial charge in [0.05, 0.1) is 5.57 Å². The van der Waals surface area contributed by atoms with Gasteiger partial charge in [-0.05, 0) is 26.7 Å². The van der Waals surface area contributed by atoms with Crippen LogP contribution in [0.4, 0.5) is 0 Å². The molecule has 0 aliphatic carbocycles. The van der Waals surface area contributed by atoms with Crippen molar-refractivity contribution in [2.75, 3.05) is 13.1 Å². The monoisotopic (exact) mass is 196 g/mol. The number of aliphatic hydroxyl groups is 1. The van der Waals surface area contributed by atoms with E-state index in [0.29, 0.717) is 0 Å². The lowest BCUT2D eigenvalue weighted by Gasteiger charge is -2.19. The third-order valence-electron chi connectivity index (χ3n) is 2.37. The van der Waals surface area contributed by atoms with Crippen molar-refractivity contribution >= 4 is 11.6 Å². The average Bonchev–Trinajstić information content (AvgIpc) is 2.53. The predicted octanol–water partition coefficient (Wildman–Crippen LogP) is 1.48. The Labute approximate surface area is 83.7 Å². The average molecular weight is 196 g/mol. The highest BCUT2D eigenvalue weighted by atomic mass is 16.3. The Morgan fingerprint density at radius 3 is 2.14 bits per heavy atom. The van der Waals surface area contributed by atoms with Crippen molar-refractivity contribution in [3.05, 3.63) is 11.3 Å². The molecule has 0 unspecified atom stereocenters. The number of hydrogen-bond donors (Lipinski definition) is 2. The van der Waals surface area contributed by atoms with Gasteiger partial charge in [0.1, 0.15) is 11.6 Å². The van der Waals surface area contributed by atoms with Crippen molar-refractivity contribution in [1.29, 1.82) is 5.41 Å². The molecule has 0 aromatic carbocycles. The van der Waals surface area contributed by atoms with Gasteiger partial charge in [-0.25, -0.2) is 0 Å². The van der Waals surface area contributed by atoms with E-state index in [1.165, 1.54) is 13.8 Å². The van der Waals surface area contributed by atoms with E-state index in [1.54, 1.807) is 0 Å². The molecule has 4 nitrogen and oxygen atoms in total. The summed E-state index contributed by atoms with van der Waals surface area (Å²) in [5.74, 6) is -0.147. The number of amidine groups is 1. The van der Waals surface area contributed by atoms with Crippen LogP contribution in [0.25, 0.3) is 0 Å². The molecule has 0 amide bonds. The maximum atomic E-state index is 11.2. The Morgan fingerprint density at radius 1 is 1.29 bits per heavy atom. The number of carbonyl (C=O) groups is 1. The zero-order valence-corrected chi connectivity index (χ0v) is 8.63. The number of rotatable bonds is 2. The summed E-state index contributed by atoms with van der Waals surface area (Å²) in [6, 6.07) is 0. The summed E-state index contributed by atoms with van der Waals surface area (Å²) < 4.78 is 0. The number of likely N-dealkylation sites (tertiary alicyclic amines) is 1. The number of hydrogen-bond acceptors (Lipinski definition) is 3. The van der Waals surface area contributed by atoms with Gasteiger partial charge in [0.25, 0.3) is 0 Å². The normalized spacial score (nSPS) is 18.0. The van der Waals surface area contributed by atoms with Crippen LogP contribution >= 0.6 is 0 Å². The Kier molecular flexibility index (Phi) is 3.28. The second-order valence-corrected chi connectivity index (χ2v) is 3.56. The summed E-state index contributed by atoms with van der Waals surface area (Å²) in [4.78, 5) is 13.0. The van der Waals surface area contributed by atoms with Crippen LogP contribution in [-0.4, -0.2) is 34.7 Å². The highest BCUT2D eigenvalue weighted by Gasteiger charge is 2.22. The number of aliphatic hydroxyl groups excluding tert-OH is 1. The molecule has 0 aromatic rings. The van der Waals surface area contributed by atoms with Crippen LogP contribution in [-0.2, 0) is 4.79 Å². The summed E-state index contributed by atoms with van der Waals surface area (Å²) in [5, 5.41) is 17.1. The summed E-state index contributed by atoms with van der Waals surface area (Å²) in [6.07, 6.45) is 2.11. The number of ketones is 1. The topological polar surface area (TPSA) is 64.4 Å². The second kappa shape index (κ2) is 4.26. The van der Waals surface area contributed by atoms with E-state index in [-0.39, 0.29) is 23.0 Å². The molecule has 1 rings (SSSR count). The minimum Gasteiger partial charge on any atom is -0.512 e.